The zero-order valence-corrected chi connectivity index (χ0v) is 16.1. The van der Waals surface area contributed by atoms with Crippen molar-refractivity contribution in [2.45, 2.75) is 44.2 Å². The monoisotopic (exact) mass is 444 g/mol. The van der Waals surface area contributed by atoms with Gasteiger partial charge in [-0.05, 0) is 42.2 Å². The molecule has 0 aromatic heterocycles. The van der Waals surface area contributed by atoms with E-state index in [9.17, 15) is 40.2 Å². The Morgan fingerprint density at radius 1 is 1.07 bits per heavy atom. The number of benzene rings is 1. The Balaban J connectivity index is 3.53. The van der Waals surface area contributed by atoms with Gasteiger partial charge in [0.05, 0.1) is 13.7 Å². The topological polar surface area (TPSA) is 29.5 Å². The minimum absolute atomic E-state index is 0.00120. The summed E-state index contributed by atoms with van der Waals surface area (Å²) in [5.41, 5.74) is 2.40. The van der Waals surface area contributed by atoms with E-state index in [2.05, 4.69) is 5.73 Å². The van der Waals surface area contributed by atoms with Crippen molar-refractivity contribution >= 4 is 5.57 Å². The number of hydrogen-bond donors (Lipinski definition) is 1. The lowest BCUT2D eigenvalue weighted by atomic mass is 10.0. The molecule has 1 rings (SSSR count). The van der Waals surface area contributed by atoms with Gasteiger partial charge in [-0.1, -0.05) is 25.5 Å². The summed E-state index contributed by atoms with van der Waals surface area (Å²) in [5.74, 6) is -15.2. The number of aliphatic hydroxyl groups is 1. The molecule has 0 unspecified atom stereocenters. The van der Waals surface area contributed by atoms with Crippen molar-refractivity contribution in [1.29, 1.82) is 0 Å². The van der Waals surface area contributed by atoms with E-state index in [0.29, 0.717) is 17.7 Å². The lowest BCUT2D eigenvalue weighted by Gasteiger charge is -2.27. The second-order valence-corrected chi connectivity index (χ2v) is 6.26. The summed E-state index contributed by atoms with van der Waals surface area (Å²) in [5, 5.41) is 9.53. The third kappa shape index (κ3) is 5.86. The molecule has 0 amide bonds. The molecule has 1 aromatic carbocycles. The largest absolute Gasteiger partial charge is 0.497 e. The SMILES string of the molecule is CCCCC(=C=C(CO)c1ccc(OC)cc1)/C=C(\F)C(F)(F)C(F)(F)C(F)(F)F. The second kappa shape index (κ2) is 10.1. The van der Waals surface area contributed by atoms with Crippen LogP contribution in [0.5, 0.6) is 5.75 Å². The Labute approximate surface area is 168 Å². The van der Waals surface area contributed by atoms with Crippen LogP contribution >= 0.6 is 0 Å². The van der Waals surface area contributed by atoms with Crippen LogP contribution in [0.3, 0.4) is 0 Å². The van der Waals surface area contributed by atoms with E-state index in [1.165, 1.54) is 31.4 Å². The first-order chi connectivity index (χ1) is 13.8. The summed E-state index contributed by atoms with van der Waals surface area (Å²) < 4.78 is 109. The Hall–Kier alpha value is -2.32. The van der Waals surface area contributed by atoms with Crippen LogP contribution in [0.1, 0.15) is 31.7 Å². The molecular weight excluding hydrogens is 424 g/mol. The highest BCUT2D eigenvalue weighted by Crippen LogP contribution is 2.50. The first-order valence-corrected chi connectivity index (χ1v) is 8.75. The van der Waals surface area contributed by atoms with Crippen molar-refractivity contribution in [1.82, 2.24) is 0 Å². The Bertz CT molecular complexity index is 801. The van der Waals surface area contributed by atoms with Gasteiger partial charge in [-0.2, -0.15) is 30.7 Å². The minimum Gasteiger partial charge on any atom is -0.497 e. The van der Waals surface area contributed by atoms with Crippen LogP contribution in [0.2, 0.25) is 0 Å². The molecule has 2 nitrogen and oxygen atoms in total. The van der Waals surface area contributed by atoms with Crippen LogP contribution in [0.4, 0.5) is 35.1 Å². The number of halogens is 8. The third-order valence-electron chi connectivity index (χ3n) is 4.06. The fourth-order valence-corrected chi connectivity index (χ4v) is 2.30. The van der Waals surface area contributed by atoms with E-state index in [4.69, 9.17) is 4.74 Å². The maximum atomic E-state index is 13.9. The molecule has 1 N–H and O–H groups in total. The molecular formula is C20H20F8O2. The van der Waals surface area contributed by atoms with Gasteiger partial charge < -0.3 is 9.84 Å². The van der Waals surface area contributed by atoms with Crippen molar-refractivity contribution in [3.63, 3.8) is 0 Å². The second-order valence-electron chi connectivity index (χ2n) is 6.26. The number of allylic oxidation sites excluding steroid dienone is 2. The molecule has 0 atom stereocenters. The number of unbranched alkanes of at least 4 members (excludes halogenated alkanes) is 1. The van der Waals surface area contributed by atoms with Gasteiger partial charge in [-0.15, -0.1) is 5.73 Å². The van der Waals surface area contributed by atoms with Crippen molar-refractivity contribution in [3.05, 3.63) is 53.0 Å². The third-order valence-corrected chi connectivity index (χ3v) is 4.06. The van der Waals surface area contributed by atoms with Crippen LogP contribution in [-0.2, 0) is 0 Å². The number of alkyl halides is 7. The molecule has 0 fully saturated rings. The summed E-state index contributed by atoms with van der Waals surface area (Å²) in [6.45, 7) is 1.02. The molecule has 0 saturated carbocycles. The van der Waals surface area contributed by atoms with Crippen molar-refractivity contribution in [2.75, 3.05) is 13.7 Å². The standard InChI is InChI=1S/C20H20F8O2/c1-3-4-5-13(10-15(12-29)14-6-8-16(30-2)9-7-14)11-17(21)18(22,23)19(24,25)20(26,27)28/h6-9,11,29H,3-5,12H2,1-2H3/b17-11-. The van der Waals surface area contributed by atoms with Crippen LogP contribution < -0.4 is 4.74 Å². The molecule has 30 heavy (non-hydrogen) atoms. The maximum absolute atomic E-state index is 13.9. The Morgan fingerprint density at radius 3 is 2.07 bits per heavy atom. The number of methoxy groups -OCH3 is 1. The van der Waals surface area contributed by atoms with Crippen LogP contribution in [-0.4, -0.2) is 36.8 Å². The zero-order valence-electron chi connectivity index (χ0n) is 16.1. The van der Waals surface area contributed by atoms with E-state index in [0.717, 1.165) is 0 Å². The first-order valence-electron chi connectivity index (χ1n) is 8.75. The molecule has 0 saturated heterocycles. The minimum atomic E-state index is -6.65. The van der Waals surface area contributed by atoms with Gasteiger partial charge in [0.2, 0.25) is 0 Å². The van der Waals surface area contributed by atoms with E-state index < -0.39 is 36.0 Å². The van der Waals surface area contributed by atoms with E-state index in [-0.39, 0.29) is 24.5 Å². The summed E-state index contributed by atoms with van der Waals surface area (Å²) in [6.07, 6.45) is -6.10. The highest BCUT2D eigenvalue weighted by Gasteiger charge is 2.74. The van der Waals surface area contributed by atoms with E-state index >= 15 is 0 Å². The zero-order chi connectivity index (χ0) is 23.2. The van der Waals surface area contributed by atoms with Gasteiger partial charge in [0.25, 0.3) is 0 Å². The molecule has 10 heteroatoms. The molecule has 1 aromatic rings. The fraction of sp³-hybridized carbons (Fsp3) is 0.450. The Morgan fingerprint density at radius 2 is 1.63 bits per heavy atom. The maximum Gasteiger partial charge on any atom is 0.460 e. The molecule has 0 radical (unpaired) electrons. The molecule has 0 spiro atoms. The van der Waals surface area contributed by atoms with Crippen LogP contribution in [0.15, 0.2) is 47.5 Å². The van der Waals surface area contributed by atoms with E-state index in [1.54, 1.807) is 6.92 Å². The normalized spacial score (nSPS) is 13.1. The Kier molecular flexibility index (Phi) is 8.68. The predicted molar refractivity (Wildman–Crippen MR) is 95.2 cm³/mol. The van der Waals surface area contributed by atoms with Gasteiger partial charge >= 0.3 is 18.0 Å². The summed E-state index contributed by atoms with van der Waals surface area (Å²) in [6, 6.07) is 5.96. The average molecular weight is 444 g/mol. The summed E-state index contributed by atoms with van der Waals surface area (Å²) >= 11 is 0. The van der Waals surface area contributed by atoms with Crippen molar-refractivity contribution < 1.29 is 45.0 Å². The molecule has 168 valence electrons. The molecule has 0 heterocycles. The summed E-state index contributed by atoms with van der Waals surface area (Å²) in [4.78, 5) is 0. The molecule has 0 aliphatic carbocycles. The smallest absolute Gasteiger partial charge is 0.460 e. The van der Waals surface area contributed by atoms with Gasteiger partial charge in [-0.3, -0.25) is 0 Å². The highest BCUT2D eigenvalue weighted by molar-refractivity contribution is 5.67. The lowest BCUT2D eigenvalue weighted by molar-refractivity contribution is -0.347. The van der Waals surface area contributed by atoms with Gasteiger partial charge in [-0.25, -0.2) is 4.39 Å². The first kappa shape index (κ1) is 25.7. The van der Waals surface area contributed by atoms with E-state index in [1.807, 2.05) is 0 Å². The molecule has 0 aliphatic heterocycles. The quantitative estimate of drug-likeness (QED) is 0.269. The number of rotatable bonds is 9. The lowest BCUT2D eigenvalue weighted by Crippen LogP contribution is -2.52. The van der Waals surface area contributed by atoms with Crippen LogP contribution in [0, 0.1) is 0 Å². The van der Waals surface area contributed by atoms with Crippen molar-refractivity contribution in [2.24, 2.45) is 0 Å². The van der Waals surface area contributed by atoms with Gasteiger partial charge in [0, 0.05) is 5.57 Å². The highest BCUT2D eigenvalue weighted by atomic mass is 19.4. The van der Waals surface area contributed by atoms with Gasteiger partial charge in [0.1, 0.15) is 5.75 Å². The number of hydrogen-bond acceptors (Lipinski definition) is 2. The molecule has 0 bridgehead atoms. The fourth-order valence-electron chi connectivity index (χ4n) is 2.30. The number of ether oxygens (including phenoxy) is 1. The average Bonchev–Trinajstić information content (AvgIpc) is 2.68. The van der Waals surface area contributed by atoms with Crippen molar-refractivity contribution in [3.8, 4) is 5.75 Å². The molecule has 0 aliphatic rings. The predicted octanol–water partition coefficient (Wildman–Crippen LogP) is 6.47. The van der Waals surface area contributed by atoms with Crippen LogP contribution in [0.25, 0.3) is 5.57 Å². The summed E-state index contributed by atoms with van der Waals surface area (Å²) in [7, 11) is 1.41. The van der Waals surface area contributed by atoms with Gasteiger partial charge in [0.15, 0.2) is 5.83 Å². The number of aliphatic hydroxyl groups excluding tert-OH is 1.